The summed E-state index contributed by atoms with van der Waals surface area (Å²) in [6.07, 6.45) is 8.26. The summed E-state index contributed by atoms with van der Waals surface area (Å²) < 4.78 is 1.73. The average molecular weight is 360 g/mol. The van der Waals surface area contributed by atoms with Gasteiger partial charge in [-0.25, -0.2) is 4.79 Å². The van der Waals surface area contributed by atoms with Gasteiger partial charge in [0.05, 0.1) is 0 Å². The number of carboxylic acid groups (broad SMARTS) is 1. The number of carbonyl (C=O) groups is 1. The Morgan fingerprint density at radius 3 is 2.33 bits per heavy atom. The zero-order chi connectivity index (χ0) is 19.1. The van der Waals surface area contributed by atoms with Gasteiger partial charge in [0.25, 0.3) is 0 Å². The minimum Gasteiger partial charge on any atom is -0.480 e. The number of benzene rings is 2. The minimum absolute atomic E-state index is 0.463. The van der Waals surface area contributed by atoms with Crippen LogP contribution in [0.5, 0.6) is 0 Å². The topological polar surface area (TPSA) is 45.5 Å². The molecule has 3 rings (SSSR count). The summed E-state index contributed by atoms with van der Waals surface area (Å²) in [6, 6.07) is 21.4. The monoisotopic (exact) mass is 360 g/mol. The Balaban J connectivity index is 1.59. The summed E-state index contributed by atoms with van der Waals surface area (Å²) in [5.74, 6) is -0.820. The van der Waals surface area contributed by atoms with Gasteiger partial charge in [0.15, 0.2) is 0 Å². The quantitative estimate of drug-likeness (QED) is 0.643. The van der Waals surface area contributed by atoms with Crippen LogP contribution in [0.15, 0.2) is 85.2 Å². The lowest BCUT2D eigenvalue weighted by atomic mass is 10.0. The normalized spacial score (nSPS) is 12.2. The van der Waals surface area contributed by atoms with E-state index in [4.69, 9.17) is 0 Å². The first-order chi connectivity index (χ1) is 13.1. The molecule has 0 amide bonds. The highest BCUT2D eigenvalue weighted by atomic mass is 16.4. The Morgan fingerprint density at radius 2 is 1.70 bits per heavy atom. The molecule has 0 aliphatic rings. The van der Waals surface area contributed by atoms with Crippen LogP contribution in [0.2, 0.25) is 0 Å². The first-order valence-electron chi connectivity index (χ1n) is 9.00. The molecule has 2 aromatic carbocycles. The van der Waals surface area contributed by atoms with Gasteiger partial charge >= 0.3 is 5.97 Å². The third kappa shape index (κ3) is 5.11. The van der Waals surface area contributed by atoms with E-state index in [9.17, 15) is 9.90 Å². The van der Waals surface area contributed by atoms with Crippen LogP contribution < -0.4 is 4.90 Å². The van der Waals surface area contributed by atoms with Gasteiger partial charge in [-0.1, -0.05) is 54.6 Å². The molecule has 1 aromatic heterocycles. The fourth-order valence-electron chi connectivity index (χ4n) is 3.00. The number of aliphatic carboxylic acids is 1. The van der Waals surface area contributed by atoms with Crippen LogP contribution in [-0.2, 0) is 11.2 Å². The second-order valence-corrected chi connectivity index (χ2v) is 6.55. The van der Waals surface area contributed by atoms with Crippen molar-refractivity contribution in [2.75, 3.05) is 18.5 Å². The molecular formula is C23H24N2O2. The lowest BCUT2D eigenvalue weighted by Crippen LogP contribution is -2.20. The predicted octanol–water partition coefficient (Wildman–Crippen LogP) is 4.51. The van der Waals surface area contributed by atoms with E-state index in [1.807, 2.05) is 54.6 Å². The predicted molar refractivity (Wildman–Crippen MR) is 110 cm³/mol. The Kier molecular flexibility index (Phi) is 6.10. The van der Waals surface area contributed by atoms with E-state index < -0.39 is 12.0 Å². The fourth-order valence-corrected chi connectivity index (χ4v) is 3.00. The molecule has 0 aliphatic heterocycles. The molecule has 0 saturated heterocycles. The lowest BCUT2D eigenvalue weighted by molar-refractivity contribution is -0.140. The SMILES string of the molecule is CN(C/C=C/c1ccc(C[C@@H](C(=O)O)n2cccc2)cc1)c1ccccc1. The summed E-state index contributed by atoms with van der Waals surface area (Å²) >= 11 is 0. The van der Waals surface area contributed by atoms with Crippen molar-refractivity contribution in [3.05, 3.63) is 96.3 Å². The Bertz CT molecular complexity index is 869. The number of likely N-dealkylation sites (N-methyl/N-ethyl adjacent to an activating group) is 1. The highest BCUT2D eigenvalue weighted by molar-refractivity contribution is 5.72. The third-order valence-electron chi connectivity index (χ3n) is 4.57. The van der Waals surface area contributed by atoms with Crippen LogP contribution in [0.1, 0.15) is 17.2 Å². The second kappa shape index (κ2) is 8.90. The van der Waals surface area contributed by atoms with Gasteiger partial charge in [-0.05, 0) is 35.4 Å². The minimum atomic E-state index is -0.820. The maximum absolute atomic E-state index is 11.6. The van der Waals surface area contributed by atoms with Crippen molar-refractivity contribution >= 4 is 17.7 Å². The van der Waals surface area contributed by atoms with Crippen LogP contribution in [0.4, 0.5) is 5.69 Å². The molecular weight excluding hydrogens is 336 g/mol. The zero-order valence-electron chi connectivity index (χ0n) is 15.4. The molecule has 0 spiro atoms. The molecule has 0 radical (unpaired) electrons. The molecule has 1 heterocycles. The molecule has 0 unspecified atom stereocenters. The molecule has 4 heteroatoms. The van der Waals surface area contributed by atoms with E-state index in [-0.39, 0.29) is 0 Å². The summed E-state index contributed by atoms with van der Waals surface area (Å²) in [6.45, 7) is 0.820. The Morgan fingerprint density at radius 1 is 1.04 bits per heavy atom. The number of para-hydroxylation sites is 1. The Labute approximate surface area is 160 Å². The van der Waals surface area contributed by atoms with Crippen molar-refractivity contribution in [1.29, 1.82) is 0 Å². The first-order valence-corrected chi connectivity index (χ1v) is 9.00. The van der Waals surface area contributed by atoms with Crippen molar-refractivity contribution in [3.63, 3.8) is 0 Å². The van der Waals surface area contributed by atoms with E-state index in [0.29, 0.717) is 6.42 Å². The number of rotatable bonds is 8. The van der Waals surface area contributed by atoms with Crippen LogP contribution >= 0.6 is 0 Å². The maximum Gasteiger partial charge on any atom is 0.327 e. The number of nitrogens with zero attached hydrogens (tertiary/aromatic N) is 2. The van der Waals surface area contributed by atoms with E-state index in [1.165, 1.54) is 5.69 Å². The smallest absolute Gasteiger partial charge is 0.327 e. The number of carboxylic acids is 1. The van der Waals surface area contributed by atoms with Crippen LogP contribution in [0, 0.1) is 0 Å². The fraction of sp³-hybridized carbons (Fsp3) is 0.174. The van der Waals surface area contributed by atoms with Crippen LogP contribution in [0.25, 0.3) is 6.08 Å². The highest BCUT2D eigenvalue weighted by Crippen LogP contribution is 2.17. The molecule has 27 heavy (non-hydrogen) atoms. The number of hydrogen-bond donors (Lipinski definition) is 1. The lowest BCUT2D eigenvalue weighted by Gasteiger charge is -2.16. The molecule has 1 N–H and O–H groups in total. The molecule has 0 fully saturated rings. The standard InChI is InChI=1S/C23H24N2O2/c1-24(21-9-3-2-4-10-21)15-7-8-19-11-13-20(14-12-19)18-22(23(26)27)25-16-5-6-17-25/h2-14,16-17,22H,15,18H2,1H3,(H,26,27)/b8-7+/t22-/m0/s1. The molecule has 4 nitrogen and oxygen atoms in total. The zero-order valence-corrected chi connectivity index (χ0v) is 15.4. The molecule has 3 aromatic rings. The Hall–Kier alpha value is -3.27. The van der Waals surface area contributed by atoms with E-state index in [2.05, 4.69) is 36.2 Å². The first kappa shape index (κ1) is 18.5. The van der Waals surface area contributed by atoms with Gasteiger partial charge in [0.1, 0.15) is 6.04 Å². The largest absolute Gasteiger partial charge is 0.480 e. The van der Waals surface area contributed by atoms with Crippen LogP contribution in [-0.4, -0.2) is 29.2 Å². The van der Waals surface area contributed by atoms with Gasteiger partial charge in [0.2, 0.25) is 0 Å². The highest BCUT2D eigenvalue weighted by Gasteiger charge is 2.18. The number of hydrogen-bond acceptors (Lipinski definition) is 2. The second-order valence-electron chi connectivity index (χ2n) is 6.55. The van der Waals surface area contributed by atoms with Crippen molar-refractivity contribution < 1.29 is 9.90 Å². The number of aromatic nitrogens is 1. The molecule has 0 bridgehead atoms. The summed E-state index contributed by atoms with van der Waals surface area (Å²) in [4.78, 5) is 13.7. The van der Waals surface area contributed by atoms with Gasteiger partial charge in [-0.15, -0.1) is 0 Å². The van der Waals surface area contributed by atoms with Crippen molar-refractivity contribution in [3.8, 4) is 0 Å². The molecule has 0 saturated carbocycles. The molecule has 138 valence electrons. The van der Waals surface area contributed by atoms with E-state index in [0.717, 1.165) is 17.7 Å². The van der Waals surface area contributed by atoms with E-state index in [1.54, 1.807) is 17.0 Å². The number of anilines is 1. The maximum atomic E-state index is 11.6. The summed E-state index contributed by atoms with van der Waals surface area (Å²) in [5.41, 5.74) is 3.30. The summed E-state index contributed by atoms with van der Waals surface area (Å²) in [5, 5.41) is 9.49. The van der Waals surface area contributed by atoms with Gasteiger partial charge in [-0.2, -0.15) is 0 Å². The van der Waals surface area contributed by atoms with E-state index >= 15 is 0 Å². The average Bonchev–Trinajstić information content (AvgIpc) is 3.22. The molecule has 1 atom stereocenters. The van der Waals surface area contributed by atoms with Crippen molar-refractivity contribution in [2.24, 2.45) is 0 Å². The molecule has 0 aliphatic carbocycles. The summed E-state index contributed by atoms with van der Waals surface area (Å²) in [7, 11) is 2.07. The van der Waals surface area contributed by atoms with Gasteiger partial charge < -0.3 is 14.6 Å². The third-order valence-corrected chi connectivity index (χ3v) is 4.57. The van der Waals surface area contributed by atoms with Gasteiger partial charge in [0, 0.05) is 38.1 Å². The van der Waals surface area contributed by atoms with Crippen molar-refractivity contribution in [2.45, 2.75) is 12.5 Å². The van der Waals surface area contributed by atoms with Crippen LogP contribution in [0.3, 0.4) is 0 Å². The van der Waals surface area contributed by atoms with Crippen molar-refractivity contribution in [1.82, 2.24) is 4.57 Å². The van der Waals surface area contributed by atoms with Gasteiger partial charge in [-0.3, -0.25) is 0 Å².